The Morgan fingerprint density at radius 2 is 2.05 bits per heavy atom. The largest absolute Gasteiger partial charge is 0.397 e. The van der Waals surface area contributed by atoms with Gasteiger partial charge < -0.3 is 5.73 Å². The Bertz CT molecular complexity index is 649. The lowest BCUT2D eigenvalue weighted by molar-refractivity contribution is 0.607. The third-order valence-electron chi connectivity index (χ3n) is 3.71. The molecule has 3 nitrogen and oxygen atoms in total. The minimum absolute atomic E-state index is 0.232. The van der Waals surface area contributed by atoms with Crippen molar-refractivity contribution in [3.8, 4) is 5.69 Å². The van der Waals surface area contributed by atoms with Gasteiger partial charge in [-0.2, -0.15) is 5.10 Å². The number of fused-ring (bicyclic) bond motifs is 1. The Hall–Kier alpha value is -1.55. The van der Waals surface area contributed by atoms with Crippen LogP contribution in [-0.2, 0) is 12.8 Å². The summed E-state index contributed by atoms with van der Waals surface area (Å²) in [5.74, 6) is -0.401. The minimum atomic E-state index is -0.401. The average Bonchev–Trinajstić information content (AvgIpc) is 2.72. The van der Waals surface area contributed by atoms with Crippen LogP contribution in [0.5, 0.6) is 0 Å². The molecule has 1 aliphatic rings. The highest BCUT2D eigenvalue weighted by Crippen LogP contribution is 2.29. The Balaban J connectivity index is 2.17. The third-order valence-corrected chi connectivity index (χ3v) is 4.04. The fraction of sp³-hybridized carbons (Fsp3) is 0.357. The Labute approximate surface area is 116 Å². The van der Waals surface area contributed by atoms with Crippen LogP contribution in [0.25, 0.3) is 5.69 Å². The summed E-state index contributed by atoms with van der Waals surface area (Å²) in [5, 5.41) is 4.76. The second-order valence-electron chi connectivity index (χ2n) is 4.95. The van der Waals surface area contributed by atoms with Crippen molar-refractivity contribution in [3.05, 3.63) is 39.9 Å². The first-order valence-corrected chi connectivity index (χ1v) is 6.78. The molecule has 0 amide bonds. The number of anilines is 1. The molecule has 0 fully saturated rings. The molecule has 1 aromatic heterocycles. The van der Waals surface area contributed by atoms with Gasteiger partial charge in [-0.3, -0.25) is 0 Å². The molecule has 1 heterocycles. The molecule has 0 aliphatic heterocycles. The summed E-state index contributed by atoms with van der Waals surface area (Å²) in [5.41, 5.74) is 9.82. The number of aryl methyl sites for hydroxylation is 1. The second kappa shape index (κ2) is 4.53. The quantitative estimate of drug-likeness (QED) is 0.813. The van der Waals surface area contributed by atoms with E-state index in [1.807, 2.05) is 6.92 Å². The molecule has 1 aromatic carbocycles. The molecule has 2 aromatic rings. The van der Waals surface area contributed by atoms with E-state index >= 15 is 0 Å². The average molecular weight is 280 g/mol. The highest BCUT2D eigenvalue weighted by Gasteiger charge is 2.20. The van der Waals surface area contributed by atoms with E-state index in [-0.39, 0.29) is 5.02 Å². The first-order chi connectivity index (χ1) is 9.08. The first kappa shape index (κ1) is 12.5. The van der Waals surface area contributed by atoms with Crippen molar-refractivity contribution in [3.63, 3.8) is 0 Å². The van der Waals surface area contributed by atoms with Crippen LogP contribution in [0.3, 0.4) is 0 Å². The molecular formula is C14H15ClFN3. The fourth-order valence-corrected chi connectivity index (χ4v) is 2.81. The zero-order valence-electron chi connectivity index (χ0n) is 10.7. The molecule has 0 saturated heterocycles. The standard InChI is InChI=1S/C14H15ClFN3/c1-8-9-4-2-3-5-13(9)18-19(8)14-7-12(17)10(15)6-11(14)16/h6-7H,2-5,17H2,1H3. The molecule has 0 bridgehead atoms. The van der Waals surface area contributed by atoms with Crippen LogP contribution in [0, 0.1) is 12.7 Å². The van der Waals surface area contributed by atoms with Crippen molar-refractivity contribution >= 4 is 17.3 Å². The minimum Gasteiger partial charge on any atom is -0.397 e. The number of benzene rings is 1. The molecule has 3 rings (SSSR count). The van der Waals surface area contributed by atoms with Crippen LogP contribution in [0.15, 0.2) is 12.1 Å². The van der Waals surface area contributed by atoms with Crippen molar-refractivity contribution in [2.24, 2.45) is 0 Å². The number of rotatable bonds is 1. The van der Waals surface area contributed by atoms with Gasteiger partial charge >= 0.3 is 0 Å². The lowest BCUT2D eigenvalue weighted by atomic mass is 9.96. The number of hydrogen-bond acceptors (Lipinski definition) is 2. The maximum atomic E-state index is 14.1. The Kier molecular flexibility index (Phi) is 2.97. The fourth-order valence-electron chi connectivity index (χ4n) is 2.66. The van der Waals surface area contributed by atoms with Crippen molar-refractivity contribution in [2.45, 2.75) is 32.6 Å². The van der Waals surface area contributed by atoms with E-state index in [4.69, 9.17) is 17.3 Å². The molecule has 0 unspecified atom stereocenters. The van der Waals surface area contributed by atoms with Gasteiger partial charge in [0.1, 0.15) is 5.69 Å². The van der Waals surface area contributed by atoms with Crippen LogP contribution in [0.2, 0.25) is 5.02 Å². The highest BCUT2D eigenvalue weighted by atomic mass is 35.5. The zero-order valence-corrected chi connectivity index (χ0v) is 11.5. The summed E-state index contributed by atoms with van der Waals surface area (Å²) in [4.78, 5) is 0. The molecule has 1 aliphatic carbocycles. The van der Waals surface area contributed by atoms with Gasteiger partial charge in [-0.15, -0.1) is 0 Å². The molecule has 5 heteroatoms. The molecule has 0 saturated carbocycles. The molecule has 19 heavy (non-hydrogen) atoms. The second-order valence-corrected chi connectivity index (χ2v) is 5.36. The molecular weight excluding hydrogens is 265 g/mol. The summed E-state index contributed by atoms with van der Waals surface area (Å²) in [7, 11) is 0. The van der Waals surface area contributed by atoms with E-state index in [9.17, 15) is 4.39 Å². The number of halogens is 2. The van der Waals surface area contributed by atoms with Crippen LogP contribution in [0.4, 0.5) is 10.1 Å². The molecule has 100 valence electrons. The van der Waals surface area contributed by atoms with E-state index in [1.54, 1.807) is 10.7 Å². The maximum Gasteiger partial charge on any atom is 0.150 e. The zero-order chi connectivity index (χ0) is 13.6. The SMILES string of the molecule is Cc1c2c(nn1-c1cc(N)c(Cl)cc1F)CCCC2. The molecule has 0 atom stereocenters. The number of aromatic nitrogens is 2. The Morgan fingerprint density at radius 1 is 1.32 bits per heavy atom. The van der Waals surface area contributed by atoms with Gasteiger partial charge in [-0.05, 0) is 50.3 Å². The summed E-state index contributed by atoms with van der Waals surface area (Å²) in [6, 6.07) is 2.79. The normalized spacial score (nSPS) is 14.5. The monoisotopic (exact) mass is 279 g/mol. The van der Waals surface area contributed by atoms with Crippen LogP contribution in [-0.4, -0.2) is 9.78 Å². The van der Waals surface area contributed by atoms with Gasteiger partial charge in [0.2, 0.25) is 0 Å². The van der Waals surface area contributed by atoms with E-state index in [1.165, 1.54) is 18.1 Å². The van der Waals surface area contributed by atoms with Gasteiger partial charge in [0, 0.05) is 5.69 Å². The molecule has 0 radical (unpaired) electrons. The number of nitrogens with zero attached hydrogens (tertiary/aromatic N) is 2. The first-order valence-electron chi connectivity index (χ1n) is 6.40. The van der Waals surface area contributed by atoms with Crippen LogP contribution in [0.1, 0.15) is 29.8 Å². The van der Waals surface area contributed by atoms with Crippen molar-refractivity contribution in [1.29, 1.82) is 0 Å². The summed E-state index contributed by atoms with van der Waals surface area (Å²) in [6.45, 7) is 1.97. The maximum absolute atomic E-state index is 14.1. The van der Waals surface area contributed by atoms with Gasteiger partial charge in [0.25, 0.3) is 0 Å². The molecule has 2 N–H and O–H groups in total. The van der Waals surface area contributed by atoms with Gasteiger partial charge in [0.15, 0.2) is 5.82 Å². The predicted molar refractivity (Wildman–Crippen MR) is 74.3 cm³/mol. The highest BCUT2D eigenvalue weighted by molar-refractivity contribution is 6.33. The summed E-state index contributed by atoms with van der Waals surface area (Å²) >= 11 is 5.82. The topological polar surface area (TPSA) is 43.8 Å². The predicted octanol–water partition coefficient (Wildman–Crippen LogP) is 3.43. The van der Waals surface area contributed by atoms with E-state index in [0.717, 1.165) is 30.7 Å². The number of nitrogen functional groups attached to an aromatic ring is 1. The number of nitrogens with two attached hydrogens (primary N) is 1. The van der Waals surface area contributed by atoms with Gasteiger partial charge in [0.05, 0.1) is 16.4 Å². The lowest BCUT2D eigenvalue weighted by Gasteiger charge is -2.09. The smallest absolute Gasteiger partial charge is 0.150 e. The Morgan fingerprint density at radius 3 is 2.79 bits per heavy atom. The summed E-state index contributed by atoms with van der Waals surface area (Å²) < 4.78 is 15.7. The van der Waals surface area contributed by atoms with Crippen molar-refractivity contribution in [2.75, 3.05) is 5.73 Å². The molecule has 0 spiro atoms. The number of hydrogen-bond donors (Lipinski definition) is 1. The van der Waals surface area contributed by atoms with E-state index in [2.05, 4.69) is 5.10 Å². The lowest BCUT2D eigenvalue weighted by Crippen LogP contribution is -2.04. The third kappa shape index (κ3) is 2.00. The van der Waals surface area contributed by atoms with E-state index < -0.39 is 5.82 Å². The van der Waals surface area contributed by atoms with Crippen molar-refractivity contribution < 1.29 is 4.39 Å². The van der Waals surface area contributed by atoms with Crippen LogP contribution < -0.4 is 5.73 Å². The van der Waals surface area contributed by atoms with E-state index in [0.29, 0.717) is 11.4 Å². The van der Waals surface area contributed by atoms with Gasteiger partial charge in [-0.25, -0.2) is 9.07 Å². The van der Waals surface area contributed by atoms with Crippen molar-refractivity contribution in [1.82, 2.24) is 9.78 Å². The van der Waals surface area contributed by atoms with Gasteiger partial charge in [-0.1, -0.05) is 11.6 Å². The summed E-state index contributed by atoms with van der Waals surface area (Å²) in [6.07, 6.45) is 4.30. The van der Waals surface area contributed by atoms with Crippen LogP contribution >= 0.6 is 11.6 Å².